The fourth-order valence-corrected chi connectivity index (χ4v) is 3.36. The Morgan fingerprint density at radius 1 is 0.579 bits per heavy atom. The zero-order valence-corrected chi connectivity index (χ0v) is 14.0. The van der Waals surface area contributed by atoms with Gasteiger partial charge in [-0.05, 0) is 30.6 Å². The summed E-state index contributed by atoms with van der Waals surface area (Å²) in [5, 5.41) is 9.47. The maximum atomic E-state index is 8.66. The van der Waals surface area contributed by atoms with Crippen molar-refractivity contribution in [2.24, 2.45) is 0 Å². The molecular weight excluding hydrogens is 276 g/mol. The summed E-state index contributed by atoms with van der Waals surface area (Å²) < 4.78 is 8.55. The molecule has 0 bridgehead atoms. The van der Waals surface area contributed by atoms with E-state index in [9.17, 15) is 0 Å². The second-order valence-electron chi connectivity index (χ2n) is 5.12. The van der Waals surface area contributed by atoms with E-state index in [0.717, 1.165) is 23.5 Å². The quantitative estimate of drug-likeness (QED) is 0.222. The Morgan fingerprint density at radius 2 is 1.00 bits per heavy atom. The Labute approximate surface area is 128 Å². The van der Waals surface area contributed by atoms with Crippen molar-refractivity contribution in [3.05, 3.63) is 0 Å². The molecule has 0 aromatic rings. The van der Waals surface area contributed by atoms with Crippen LogP contribution in [0, 0.1) is 0 Å². The normalized spacial score (nSPS) is 11.1. The fourth-order valence-electron chi connectivity index (χ4n) is 2.18. The first-order valence-electron chi connectivity index (χ1n) is 7.86. The standard InChI is InChI=1S/C15H32O2S2/c16-13-11-9-7-5-3-1-2-4-6-8-10-12-14-18-15-19-17/h16-17H,1-15H2. The van der Waals surface area contributed by atoms with Crippen LogP contribution in [0.15, 0.2) is 0 Å². The highest BCUT2D eigenvalue weighted by Gasteiger charge is 1.94. The largest absolute Gasteiger partial charge is 0.396 e. The predicted molar refractivity (Wildman–Crippen MR) is 90.0 cm³/mol. The van der Waals surface area contributed by atoms with Gasteiger partial charge in [0.2, 0.25) is 0 Å². The number of thioether (sulfide) groups is 1. The van der Waals surface area contributed by atoms with E-state index in [1.807, 2.05) is 11.8 Å². The van der Waals surface area contributed by atoms with Gasteiger partial charge in [-0.3, -0.25) is 0 Å². The topological polar surface area (TPSA) is 40.5 Å². The van der Waals surface area contributed by atoms with Crippen LogP contribution in [0.4, 0.5) is 0 Å². The molecule has 0 aromatic heterocycles. The van der Waals surface area contributed by atoms with Gasteiger partial charge in [0.1, 0.15) is 0 Å². The van der Waals surface area contributed by atoms with Crippen LogP contribution in [0.1, 0.15) is 77.0 Å². The third-order valence-electron chi connectivity index (χ3n) is 3.33. The Hall–Kier alpha value is 0.620. The lowest BCUT2D eigenvalue weighted by Crippen LogP contribution is -1.85. The van der Waals surface area contributed by atoms with Gasteiger partial charge >= 0.3 is 0 Å². The molecule has 4 heteroatoms. The molecule has 0 saturated heterocycles. The second kappa shape index (κ2) is 18.6. The molecule has 0 unspecified atom stereocenters. The van der Waals surface area contributed by atoms with Crippen molar-refractivity contribution in [2.45, 2.75) is 77.0 Å². The number of hydrogen-bond acceptors (Lipinski definition) is 4. The Bertz CT molecular complexity index is 141. The van der Waals surface area contributed by atoms with Gasteiger partial charge < -0.3 is 9.66 Å². The molecule has 0 amide bonds. The second-order valence-corrected chi connectivity index (χ2v) is 7.14. The van der Waals surface area contributed by atoms with E-state index >= 15 is 0 Å². The van der Waals surface area contributed by atoms with Crippen LogP contribution < -0.4 is 0 Å². The van der Waals surface area contributed by atoms with Gasteiger partial charge in [0, 0.05) is 6.61 Å². The minimum atomic E-state index is 0.358. The highest BCUT2D eigenvalue weighted by Crippen LogP contribution is 2.14. The van der Waals surface area contributed by atoms with Crippen LogP contribution in [0.3, 0.4) is 0 Å². The maximum Gasteiger partial charge on any atom is 0.0653 e. The summed E-state index contributed by atoms with van der Waals surface area (Å²) in [6.07, 6.45) is 15.8. The van der Waals surface area contributed by atoms with E-state index in [1.54, 1.807) is 0 Å². The number of rotatable bonds is 16. The van der Waals surface area contributed by atoms with E-state index in [1.165, 1.54) is 76.4 Å². The van der Waals surface area contributed by atoms with Gasteiger partial charge in [0.05, 0.1) is 5.08 Å². The van der Waals surface area contributed by atoms with Gasteiger partial charge in [-0.25, -0.2) is 0 Å². The van der Waals surface area contributed by atoms with Crippen LogP contribution >= 0.6 is 23.8 Å². The summed E-state index contributed by atoms with van der Waals surface area (Å²) in [5.74, 6) is 1.20. The van der Waals surface area contributed by atoms with Crippen LogP contribution in [0.5, 0.6) is 0 Å². The van der Waals surface area contributed by atoms with Gasteiger partial charge in [-0.2, -0.15) is 0 Å². The highest BCUT2D eigenvalue weighted by molar-refractivity contribution is 8.13. The van der Waals surface area contributed by atoms with Crippen molar-refractivity contribution in [1.29, 1.82) is 0 Å². The lowest BCUT2D eigenvalue weighted by molar-refractivity contribution is 0.282. The van der Waals surface area contributed by atoms with Crippen LogP contribution in [0.25, 0.3) is 0 Å². The molecule has 0 fully saturated rings. The average Bonchev–Trinajstić information content (AvgIpc) is 2.43. The fraction of sp³-hybridized carbons (Fsp3) is 1.00. The average molecular weight is 309 g/mol. The Balaban J connectivity index is 2.88. The van der Waals surface area contributed by atoms with Crippen LogP contribution in [-0.4, -0.2) is 27.1 Å². The summed E-state index contributed by atoms with van der Waals surface area (Å²) in [4.78, 5) is 0. The first kappa shape index (κ1) is 19.6. The third kappa shape index (κ3) is 18.6. The SMILES string of the molecule is OCCCCCCCCCCCCCCSCSO. The number of hydrogen-bond donors (Lipinski definition) is 2. The van der Waals surface area contributed by atoms with Crippen molar-refractivity contribution >= 4 is 23.8 Å². The Kier molecular flexibility index (Phi) is 19.2. The van der Waals surface area contributed by atoms with Crippen molar-refractivity contribution in [3.63, 3.8) is 0 Å². The third-order valence-corrected chi connectivity index (χ3v) is 5.00. The van der Waals surface area contributed by atoms with E-state index in [2.05, 4.69) is 0 Å². The molecule has 0 radical (unpaired) electrons. The van der Waals surface area contributed by atoms with Crippen molar-refractivity contribution in [1.82, 2.24) is 0 Å². The number of unbranched alkanes of at least 4 members (excludes halogenated alkanes) is 11. The molecule has 19 heavy (non-hydrogen) atoms. The first-order chi connectivity index (χ1) is 9.41. The molecule has 2 N–H and O–H groups in total. The molecule has 0 aromatic carbocycles. The van der Waals surface area contributed by atoms with Crippen molar-refractivity contribution in [2.75, 3.05) is 17.4 Å². The summed E-state index contributed by atoms with van der Waals surface area (Å²) in [5.41, 5.74) is 0. The minimum absolute atomic E-state index is 0.358. The van der Waals surface area contributed by atoms with Gasteiger partial charge in [-0.15, -0.1) is 11.8 Å². The van der Waals surface area contributed by atoms with E-state index in [4.69, 9.17) is 9.66 Å². The van der Waals surface area contributed by atoms with Gasteiger partial charge in [0.25, 0.3) is 0 Å². The zero-order valence-electron chi connectivity index (χ0n) is 12.3. The summed E-state index contributed by atoms with van der Waals surface area (Å²) in [7, 11) is 0. The number of aliphatic hydroxyl groups is 1. The molecule has 2 nitrogen and oxygen atoms in total. The summed E-state index contributed by atoms with van der Waals surface area (Å²) in [6, 6.07) is 0. The first-order valence-corrected chi connectivity index (χ1v) is 9.96. The molecule has 0 spiro atoms. The maximum absolute atomic E-state index is 8.66. The molecule has 0 heterocycles. The number of aliphatic hydroxyl groups excluding tert-OH is 1. The molecule has 0 saturated carbocycles. The van der Waals surface area contributed by atoms with Crippen molar-refractivity contribution < 1.29 is 9.66 Å². The van der Waals surface area contributed by atoms with Gasteiger partial charge in [-0.1, -0.05) is 64.2 Å². The van der Waals surface area contributed by atoms with Gasteiger partial charge in [0.15, 0.2) is 0 Å². The molecule has 0 rings (SSSR count). The summed E-state index contributed by atoms with van der Waals surface area (Å²) >= 11 is 2.77. The van der Waals surface area contributed by atoms with E-state index in [-0.39, 0.29) is 0 Å². The molecule has 116 valence electrons. The Morgan fingerprint density at radius 3 is 1.42 bits per heavy atom. The van der Waals surface area contributed by atoms with E-state index in [0.29, 0.717) is 6.61 Å². The highest BCUT2D eigenvalue weighted by atomic mass is 32.2. The predicted octanol–water partition coefficient (Wildman–Crippen LogP) is 5.56. The monoisotopic (exact) mass is 308 g/mol. The molecule has 0 aliphatic rings. The van der Waals surface area contributed by atoms with E-state index < -0.39 is 0 Å². The molecule has 0 atom stereocenters. The smallest absolute Gasteiger partial charge is 0.0653 e. The van der Waals surface area contributed by atoms with Crippen molar-refractivity contribution in [3.8, 4) is 0 Å². The molecule has 0 aliphatic carbocycles. The lowest BCUT2D eigenvalue weighted by atomic mass is 10.1. The summed E-state index contributed by atoms with van der Waals surface area (Å²) in [6.45, 7) is 0.358. The zero-order chi connectivity index (χ0) is 14.0. The lowest BCUT2D eigenvalue weighted by Gasteiger charge is -2.03. The minimum Gasteiger partial charge on any atom is -0.396 e. The molecular formula is C15H32O2S2. The van der Waals surface area contributed by atoms with Crippen LogP contribution in [0.2, 0.25) is 0 Å². The molecule has 0 aliphatic heterocycles. The van der Waals surface area contributed by atoms with Crippen LogP contribution in [-0.2, 0) is 0 Å².